The van der Waals surface area contributed by atoms with Crippen LogP contribution in [0.4, 0.5) is 11.4 Å². The lowest BCUT2D eigenvalue weighted by atomic mass is 10.1. The van der Waals surface area contributed by atoms with Crippen molar-refractivity contribution < 1.29 is 19.0 Å². The fourth-order valence-corrected chi connectivity index (χ4v) is 2.16. The fourth-order valence-electron chi connectivity index (χ4n) is 2.16. The molecule has 3 N–H and O–H groups in total. The van der Waals surface area contributed by atoms with Gasteiger partial charge in [-0.15, -0.1) is 0 Å². The van der Waals surface area contributed by atoms with E-state index in [-0.39, 0.29) is 5.91 Å². The molecule has 2 aromatic rings. The molecule has 2 aromatic carbocycles. The summed E-state index contributed by atoms with van der Waals surface area (Å²) in [5.74, 6) is 1.46. The summed E-state index contributed by atoms with van der Waals surface area (Å²) in [6.07, 6.45) is 0. The van der Waals surface area contributed by atoms with Gasteiger partial charge >= 0.3 is 0 Å². The molecule has 0 saturated carbocycles. The van der Waals surface area contributed by atoms with Crippen molar-refractivity contribution in [3.63, 3.8) is 0 Å². The lowest BCUT2D eigenvalue weighted by Gasteiger charge is -2.13. The van der Waals surface area contributed by atoms with Gasteiger partial charge in [0.05, 0.1) is 31.7 Å². The van der Waals surface area contributed by atoms with E-state index in [2.05, 4.69) is 5.32 Å². The largest absolute Gasteiger partial charge is 0.497 e. The smallest absolute Gasteiger partial charge is 0.255 e. The lowest BCUT2D eigenvalue weighted by Crippen LogP contribution is -2.13. The Kier molecular flexibility index (Phi) is 5.89. The number of nitrogens with two attached hydrogens (primary N) is 1. The summed E-state index contributed by atoms with van der Waals surface area (Å²) in [4.78, 5) is 12.5. The Bertz CT molecular complexity index is 716. The highest BCUT2D eigenvalue weighted by Gasteiger charge is 2.13. The Balaban J connectivity index is 2.25. The molecule has 0 spiro atoms. The second-order valence-corrected chi connectivity index (χ2v) is 4.93. The topological polar surface area (TPSA) is 82.8 Å². The van der Waals surface area contributed by atoms with Gasteiger partial charge in [-0.2, -0.15) is 0 Å². The molecule has 1 amide bonds. The van der Waals surface area contributed by atoms with E-state index in [1.54, 1.807) is 43.5 Å². The predicted octanol–water partition coefficient (Wildman–Crippen LogP) is 3.33. The van der Waals surface area contributed by atoms with Crippen LogP contribution in [0.5, 0.6) is 17.2 Å². The van der Waals surface area contributed by atoms with Crippen molar-refractivity contribution in [1.29, 1.82) is 0 Å². The number of anilines is 2. The molecular formula is C18H22N2O4. The molecular weight excluding hydrogens is 308 g/mol. The number of benzene rings is 2. The number of carbonyl (C=O) groups excluding carboxylic acids is 1. The van der Waals surface area contributed by atoms with Crippen LogP contribution < -0.4 is 25.3 Å². The highest BCUT2D eigenvalue weighted by atomic mass is 16.5. The van der Waals surface area contributed by atoms with E-state index in [9.17, 15) is 4.79 Å². The molecule has 0 aliphatic heterocycles. The molecule has 0 radical (unpaired) electrons. The van der Waals surface area contributed by atoms with Gasteiger partial charge in [-0.05, 0) is 44.2 Å². The van der Waals surface area contributed by atoms with Crippen molar-refractivity contribution in [2.24, 2.45) is 0 Å². The predicted molar refractivity (Wildman–Crippen MR) is 94.1 cm³/mol. The molecule has 0 bridgehead atoms. The molecule has 2 rings (SSSR count). The number of nitrogen functional groups attached to an aromatic ring is 1. The number of nitrogens with one attached hydrogen (secondary N) is 1. The van der Waals surface area contributed by atoms with Gasteiger partial charge in [0, 0.05) is 11.6 Å². The molecule has 0 heterocycles. The van der Waals surface area contributed by atoms with E-state index in [0.29, 0.717) is 47.4 Å². The Hall–Kier alpha value is -2.89. The third kappa shape index (κ3) is 4.10. The van der Waals surface area contributed by atoms with Gasteiger partial charge in [0.2, 0.25) is 0 Å². The van der Waals surface area contributed by atoms with Gasteiger partial charge in [-0.3, -0.25) is 4.79 Å². The third-order valence-corrected chi connectivity index (χ3v) is 3.31. The van der Waals surface area contributed by atoms with E-state index < -0.39 is 0 Å². The quantitative estimate of drug-likeness (QED) is 0.761. The van der Waals surface area contributed by atoms with Crippen LogP contribution in [0, 0.1) is 0 Å². The van der Waals surface area contributed by atoms with Crippen LogP contribution >= 0.6 is 0 Å². The van der Waals surface area contributed by atoms with E-state index in [1.165, 1.54) is 0 Å². The minimum absolute atomic E-state index is 0.293. The Morgan fingerprint density at radius 3 is 2.42 bits per heavy atom. The first kappa shape index (κ1) is 17.5. The van der Waals surface area contributed by atoms with Crippen LogP contribution in [-0.2, 0) is 0 Å². The maximum Gasteiger partial charge on any atom is 0.255 e. The molecule has 0 fully saturated rings. The summed E-state index contributed by atoms with van der Waals surface area (Å²) in [6.45, 7) is 4.77. The Morgan fingerprint density at radius 2 is 1.75 bits per heavy atom. The molecule has 128 valence electrons. The first-order chi connectivity index (χ1) is 11.6. The second-order valence-electron chi connectivity index (χ2n) is 4.93. The first-order valence-electron chi connectivity index (χ1n) is 7.73. The molecule has 0 atom stereocenters. The summed E-state index contributed by atoms with van der Waals surface area (Å²) < 4.78 is 16.2. The number of hydrogen-bond donors (Lipinski definition) is 2. The SMILES string of the molecule is CCOc1ccc(C(=O)Nc2cc(OC)ccc2N)cc1OCC. The van der Waals surface area contributed by atoms with Gasteiger partial charge in [0.15, 0.2) is 11.5 Å². The normalized spacial score (nSPS) is 10.1. The number of rotatable bonds is 7. The van der Waals surface area contributed by atoms with E-state index >= 15 is 0 Å². The molecule has 0 saturated heterocycles. The summed E-state index contributed by atoms with van der Waals surface area (Å²) in [7, 11) is 1.55. The maximum atomic E-state index is 12.5. The molecule has 0 unspecified atom stereocenters. The van der Waals surface area contributed by atoms with E-state index in [4.69, 9.17) is 19.9 Å². The van der Waals surface area contributed by atoms with Gasteiger partial charge in [0.25, 0.3) is 5.91 Å². The van der Waals surface area contributed by atoms with Crippen LogP contribution in [0.2, 0.25) is 0 Å². The van der Waals surface area contributed by atoms with Crippen LogP contribution in [0.1, 0.15) is 24.2 Å². The second kappa shape index (κ2) is 8.10. The fraction of sp³-hybridized carbons (Fsp3) is 0.278. The first-order valence-corrected chi connectivity index (χ1v) is 7.73. The molecule has 0 aromatic heterocycles. The number of ether oxygens (including phenoxy) is 3. The van der Waals surface area contributed by atoms with Crippen molar-refractivity contribution >= 4 is 17.3 Å². The lowest BCUT2D eigenvalue weighted by molar-refractivity contribution is 0.102. The van der Waals surface area contributed by atoms with Crippen molar-refractivity contribution in [1.82, 2.24) is 0 Å². The number of amides is 1. The zero-order valence-electron chi connectivity index (χ0n) is 14.1. The van der Waals surface area contributed by atoms with Crippen molar-refractivity contribution in [2.45, 2.75) is 13.8 Å². The van der Waals surface area contributed by atoms with Gasteiger partial charge in [-0.25, -0.2) is 0 Å². The average molecular weight is 330 g/mol. The van der Waals surface area contributed by atoms with Gasteiger partial charge < -0.3 is 25.3 Å². The zero-order valence-corrected chi connectivity index (χ0v) is 14.1. The summed E-state index contributed by atoms with van der Waals surface area (Å²) in [5.41, 5.74) is 7.30. The van der Waals surface area contributed by atoms with Crippen molar-refractivity contribution in [3.05, 3.63) is 42.0 Å². The monoisotopic (exact) mass is 330 g/mol. The van der Waals surface area contributed by atoms with Crippen LogP contribution in [0.3, 0.4) is 0 Å². The molecule has 6 heteroatoms. The van der Waals surface area contributed by atoms with Gasteiger partial charge in [-0.1, -0.05) is 0 Å². The van der Waals surface area contributed by atoms with E-state index in [0.717, 1.165) is 0 Å². The van der Waals surface area contributed by atoms with Crippen LogP contribution in [0.25, 0.3) is 0 Å². The van der Waals surface area contributed by atoms with Crippen molar-refractivity contribution in [3.8, 4) is 17.2 Å². The zero-order chi connectivity index (χ0) is 17.5. The molecule has 0 aliphatic carbocycles. The maximum absolute atomic E-state index is 12.5. The molecule has 0 aliphatic rings. The highest BCUT2D eigenvalue weighted by molar-refractivity contribution is 6.06. The van der Waals surface area contributed by atoms with Crippen LogP contribution in [0.15, 0.2) is 36.4 Å². The minimum atomic E-state index is -0.293. The molecule has 24 heavy (non-hydrogen) atoms. The van der Waals surface area contributed by atoms with Crippen molar-refractivity contribution in [2.75, 3.05) is 31.4 Å². The van der Waals surface area contributed by atoms with Crippen LogP contribution in [-0.4, -0.2) is 26.2 Å². The third-order valence-electron chi connectivity index (χ3n) is 3.31. The number of methoxy groups -OCH3 is 1. The Morgan fingerprint density at radius 1 is 1.04 bits per heavy atom. The summed E-state index contributed by atoms with van der Waals surface area (Å²) >= 11 is 0. The summed E-state index contributed by atoms with van der Waals surface area (Å²) in [5, 5.41) is 2.78. The number of hydrogen-bond acceptors (Lipinski definition) is 5. The Labute approximate surface area is 141 Å². The number of carbonyl (C=O) groups is 1. The minimum Gasteiger partial charge on any atom is -0.497 e. The highest BCUT2D eigenvalue weighted by Crippen LogP contribution is 2.30. The summed E-state index contributed by atoms with van der Waals surface area (Å²) in [6, 6.07) is 10.1. The average Bonchev–Trinajstić information content (AvgIpc) is 2.58. The standard InChI is InChI=1S/C18H22N2O4/c1-4-23-16-9-6-12(10-17(16)24-5-2)18(21)20-15-11-13(22-3)7-8-14(15)19/h6-11H,4-5,19H2,1-3H3,(H,20,21). The molecule has 6 nitrogen and oxygen atoms in total. The van der Waals surface area contributed by atoms with E-state index in [1.807, 2.05) is 13.8 Å². The van der Waals surface area contributed by atoms with Gasteiger partial charge in [0.1, 0.15) is 5.75 Å².